The van der Waals surface area contributed by atoms with E-state index in [1.807, 2.05) is 0 Å². The maximum atomic E-state index is 11.9. The Balaban J connectivity index is 2.29. The SMILES string of the molecule is O=C1CC[C@H]2OC(=O)[C@]1(CCCO)[C@H]2I. The molecule has 5 heteroatoms. The van der Waals surface area contributed by atoms with E-state index >= 15 is 0 Å². The van der Waals surface area contributed by atoms with Gasteiger partial charge in [-0.15, -0.1) is 0 Å². The number of esters is 1. The lowest BCUT2D eigenvalue weighted by atomic mass is 9.71. The molecule has 0 radical (unpaired) electrons. The number of carbonyl (C=O) groups is 2. The maximum Gasteiger partial charge on any atom is 0.321 e. The van der Waals surface area contributed by atoms with Gasteiger partial charge in [-0.05, 0) is 19.3 Å². The molecule has 1 saturated carbocycles. The predicted molar refractivity (Wildman–Crippen MR) is 60.7 cm³/mol. The lowest BCUT2D eigenvalue weighted by molar-refractivity contribution is -0.151. The van der Waals surface area contributed by atoms with Crippen LogP contribution >= 0.6 is 22.6 Å². The van der Waals surface area contributed by atoms with E-state index < -0.39 is 5.41 Å². The number of hydrogen-bond acceptors (Lipinski definition) is 4. The van der Waals surface area contributed by atoms with Gasteiger partial charge < -0.3 is 9.84 Å². The van der Waals surface area contributed by atoms with Gasteiger partial charge in [0.25, 0.3) is 0 Å². The molecule has 4 nitrogen and oxygen atoms in total. The van der Waals surface area contributed by atoms with E-state index in [0.29, 0.717) is 25.7 Å². The molecule has 2 aliphatic rings. The van der Waals surface area contributed by atoms with Gasteiger partial charge in [-0.2, -0.15) is 0 Å². The first-order chi connectivity index (χ1) is 7.13. The highest BCUT2D eigenvalue weighted by molar-refractivity contribution is 14.1. The Morgan fingerprint density at radius 2 is 2.27 bits per heavy atom. The molecule has 0 unspecified atom stereocenters. The van der Waals surface area contributed by atoms with Gasteiger partial charge in [0.05, 0.1) is 3.92 Å². The zero-order valence-electron chi connectivity index (χ0n) is 8.24. The number of ketones is 1. The Labute approximate surface area is 102 Å². The molecule has 0 aromatic rings. The second-order valence-electron chi connectivity index (χ2n) is 4.11. The first kappa shape index (κ1) is 11.3. The summed E-state index contributed by atoms with van der Waals surface area (Å²) in [4.78, 5) is 23.7. The van der Waals surface area contributed by atoms with E-state index in [-0.39, 0.29) is 28.4 Å². The van der Waals surface area contributed by atoms with Crippen molar-refractivity contribution in [3.05, 3.63) is 0 Å². The molecule has 1 aliphatic carbocycles. The summed E-state index contributed by atoms with van der Waals surface area (Å²) < 4.78 is 5.16. The van der Waals surface area contributed by atoms with Crippen molar-refractivity contribution in [1.82, 2.24) is 0 Å². The number of rotatable bonds is 3. The molecular formula is C10H13IO4. The quantitative estimate of drug-likeness (QED) is 0.362. The normalized spacial score (nSPS) is 39.3. The summed E-state index contributed by atoms with van der Waals surface area (Å²) in [6.07, 6.45) is 1.88. The number of carbonyl (C=O) groups excluding carboxylic acids is 2. The van der Waals surface area contributed by atoms with Crippen LogP contribution in [0.4, 0.5) is 0 Å². The van der Waals surface area contributed by atoms with E-state index in [4.69, 9.17) is 9.84 Å². The molecule has 1 heterocycles. The number of ether oxygens (including phenoxy) is 1. The van der Waals surface area contributed by atoms with Gasteiger partial charge >= 0.3 is 5.97 Å². The third kappa shape index (κ3) is 1.51. The van der Waals surface area contributed by atoms with Crippen LogP contribution in [0.1, 0.15) is 25.7 Å². The summed E-state index contributed by atoms with van der Waals surface area (Å²) >= 11 is 2.15. The van der Waals surface area contributed by atoms with Crippen LogP contribution in [-0.2, 0) is 14.3 Å². The van der Waals surface area contributed by atoms with Crippen LogP contribution in [0.5, 0.6) is 0 Å². The molecule has 84 valence electrons. The van der Waals surface area contributed by atoms with Gasteiger partial charge in [0, 0.05) is 13.0 Å². The zero-order valence-corrected chi connectivity index (χ0v) is 10.4. The molecule has 2 rings (SSSR count). The predicted octanol–water partition coefficient (Wildman–Crippen LogP) is 0.837. The Hall–Kier alpha value is -0.170. The third-order valence-corrected chi connectivity index (χ3v) is 5.17. The average Bonchev–Trinajstić information content (AvgIpc) is 2.37. The van der Waals surface area contributed by atoms with E-state index in [2.05, 4.69) is 22.6 Å². The van der Waals surface area contributed by atoms with Crippen molar-refractivity contribution in [2.75, 3.05) is 6.61 Å². The van der Waals surface area contributed by atoms with Crippen molar-refractivity contribution in [1.29, 1.82) is 0 Å². The van der Waals surface area contributed by atoms with E-state index in [1.54, 1.807) is 0 Å². The number of halogens is 1. The van der Waals surface area contributed by atoms with Crippen LogP contribution in [0, 0.1) is 5.41 Å². The van der Waals surface area contributed by atoms with Crippen LogP contribution < -0.4 is 0 Å². The van der Waals surface area contributed by atoms with E-state index in [0.717, 1.165) is 0 Å². The van der Waals surface area contributed by atoms with Crippen molar-refractivity contribution in [2.24, 2.45) is 5.41 Å². The molecule has 3 atom stereocenters. The van der Waals surface area contributed by atoms with Crippen LogP contribution in [-0.4, -0.2) is 33.5 Å². The summed E-state index contributed by atoms with van der Waals surface area (Å²) in [5.41, 5.74) is -0.952. The van der Waals surface area contributed by atoms with Gasteiger partial charge in [0.2, 0.25) is 0 Å². The van der Waals surface area contributed by atoms with Crippen LogP contribution in [0.15, 0.2) is 0 Å². The van der Waals surface area contributed by atoms with Crippen molar-refractivity contribution >= 4 is 34.3 Å². The molecule has 2 fully saturated rings. The lowest BCUT2D eigenvalue weighted by Gasteiger charge is -2.31. The Kier molecular flexibility index (Phi) is 3.03. The fraction of sp³-hybridized carbons (Fsp3) is 0.800. The van der Waals surface area contributed by atoms with Gasteiger partial charge in [-0.25, -0.2) is 0 Å². The number of fused-ring (bicyclic) bond motifs is 2. The van der Waals surface area contributed by atoms with E-state index in [9.17, 15) is 9.59 Å². The summed E-state index contributed by atoms with van der Waals surface area (Å²) in [5.74, 6) is -0.378. The minimum atomic E-state index is -0.952. The fourth-order valence-corrected chi connectivity index (χ4v) is 3.86. The fourth-order valence-electron chi connectivity index (χ4n) is 2.44. The average molecular weight is 324 g/mol. The maximum absolute atomic E-state index is 11.9. The number of aliphatic hydroxyl groups is 1. The van der Waals surface area contributed by atoms with Crippen LogP contribution in [0.3, 0.4) is 0 Å². The summed E-state index contributed by atoms with van der Waals surface area (Å²) in [6.45, 7) is 0.0103. The molecule has 1 saturated heterocycles. The van der Waals surface area contributed by atoms with Crippen LogP contribution in [0.2, 0.25) is 0 Å². The molecule has 0 aromatic heterocycles. The van der Waals surface area contributed by atoms with Crippen molar-refractivity contribution < 1.29 is 19.4 Å². The smallest absolute Gasteiger partial charge is 0.321 e. The van der Waals surface area contributed by atoms with E-state index in [1.165, 1.54) is 0 Å². The molecule has 15 heavy (non-hydrogen) atoms. The minimum absolute atomic E-state index is 0.00546. The molecular weight excluding hydrogens is 311 g/mol. The monoisotopic (exact) mass is 324 g/mol. The van der Waals surface area contributed by atoms with Gasteiger partial charge in [-0.1, -0.05) is 22.6 Å². The number of aliphatic hydroxyl groups excluding tert-OH is 1. The molecule has 0 amide bonds. The van der Waals surface area contributed by atoms with Crippen molar-refractivity contribution in [3.63, 3.8) is 0 Å². The standard InChI is InChI=1S/C10H13IO4/c11-8-6-2-3-7(13)10(8,4-1-5-12)9(14)15-6/h6,8,12H,1-5H2/t6-,8+,10+/m1/s1. The Morgan fingerprint density at radius 1 is 1.53 bits per heavy atom. The van der Waals surface area contributed by atoms with Gasteiger partial charge in [0.15, 0.2) is 5.78 Å². The molecule has 1 aliphatic heterocycles. The minimum Gasteiger partial charge on any atom is -0.460 e. The van der Waals surface area contributed by atoms with Gasteiger partial charge in [0.1, 0.15) is 11.5 Å². The summed E-state index contributed by atoms with van der Waals surface area (Å²) in [5, 5.41) is 8.81. The molecule has 1 N–H and O–H groups in total. The lowest BCUT2D eigenvalue weighted by Crippen LogP contribution is -2.46. The first-order valence-electron chi connectivity index (χ1n) is 5.12. The second kappa shape index (κ2) is 4.01. The van der Waals surface area contributed by atoms with Crippen LogP contribution in [0.25, 0.3) is 0 Å². The second-order valence-corrected chi connectivity index (χ2v) is 5.45. The topological polar surface area (TPSA) is 63.6 Å². The van der Waals surface area contributed by atoms with Crippen molar-refractivity contribution in [2.45, 2.75) is 35.7 Å². The van der Waals surface area contributed by atoms with Crippen molar-refractivity contribution in [3.8, 4) is 0 Å². The number of hydrogen-bond donors (Lipinski definition) is 1. The first-order valence-corrected chi connectivity index (χ1v) is 6.37. The largest absolute Gasteiger partial charge is 0.460 e. The summed E-state index contributed by atoms with van der Waals surface area (Å²) in [6, 6.07) is 0. The highest BCUT2D eigenvalue weighted by Gasteiger charge is 2.62. The highest BCUT2D eigenvalue weighted by atomic mass is 127. The van der Waals surface area contributed by atoms with Gasteiger partial charge in [-0.3, -0.25) is 9.59 Å². The molecule has 2 bridgehead atoms. The zero-order chi connectivity index (χ0) is 11.1. The highest BCUT2D eigenvalue weighted by Crippen LogP contribution is 2.49. The molecule has 0 spiro atoms. The number of alkyl halides is 1. The molecule has 0 aromatic carbocycles. The number of Topliss-reactive ketones (excluding diaryl/α,β-unsaturated/α-hetero) is 1. The summed E-state index contributed by atoms with van der Waals surface area (Å²) in [7, 11) is 0. The third-order valence-electron chi connectivity index (χ3n) is 3.30. The Bertz CT molecular complexity index is 294. The Morgan fingerprint density at radius 3 is 2.93 bits per heavy atom.